The van der Waals surface area contributed by atoms with Crippen LogP contribution in [0.5, 0.6) is 0 Å². The molecule has 0 aliphatic carbocycles. The Labute approximate surface area is 208 Å². The van der Waals surface area contributed by atoms with Crippen LogP contribution in [0.25, 0.3) is 22.2 Å². The first kappa shape index (κ1) is 22.2. The number of nitrogens with zero attached hydrogens (tertiary/aromatic N) is 5. The molecule has 6 rings (SSSR count). The Hall–Kier alpha value is -4.27. The highest BCUT2D eigenvalue weighted by Gasteiger charge is 2.46. The van der Waals surface area contributed by atoms with Crippen LogP contribution in [0, 0.1) is 0 Å². The number of fused-ring (bicyclic) bond motifs is 3. The molecule has 2 aliphatic heterocycles. The van der Waals surface area contributed by atoms with Crippen LogP contribution in [0.1, 0.15) is 35.9 Å². The van der Waals surface area contributed by atoms with Gasteiger partial charge in [0, 0.05) is 60.6 Å². The zero-order valence-corrected chi connectivity index (χ0v) is 20.1. The summed E-state index contributed by atoms with van der Waals surface area (Å²) in [6, 6.07) is 15.1. The number of benzene rings is 1. The van der Waals surface area contributed by atoms with Gasteiger partial charge in [-0.3, -0.25) is 19.4 Å². The number of aromatic nitrogens is 4. The fourth-order valence-electron chi connectivity index (χ4n) is 5.41. The monoisotopic (exact) mass is 481 g/mol. The smallest absolute Gasteiger partial charge is 0.317 e. The van der Waals surface area contributed by atoms with Gasteiger partial charge in [-0.15, -0.1) is 0 Å². The molecular formula is C27H27N7O2. The van der Waals surface area contributed by atoms with Crippen molar-refractivity contribution in [2.45, 2.75) is 31.7 Å². The summed E-state index contributed by atoms with van der Waals surface area (Å²) in [5, 5.41) is 11.6. The third kappa shape index (κ3) is 3.77. The van der Waals surface area contributed by atoms with Gasteiger partial charge < -0.3 is 15.5 Å². The second-order valence-corrected chi connectivity index (χ2v) is 9.44. The molecule has 3 amide bonds. The molecule has 0 bridgehead atoms. The minimum atomic E-state index is -0.269. The fraction of sp³-hybridized carbons (Fsp3) is 0.296. The Balaban J connectivity index is 1.30. The number of carbonyl (C=O) groups excluding carboxylic acids is 2. The number of carbonyl (C=O) groups is 2. The van der Waals surface area contributed by atoms with Crippen LogP contribution >= 0.6 is 0 Å². The molecule has 1 fully saturated rings. The van der Waals surface area contributed by atoms with Gasteiger partial charge in [0.25, 0.3) is 5.91 Å². The average molecular weight is 482 g/mol. The maximum atomic E-state index is 12.7. The number of anilines is 1. The lowest BCUT2D eigenvalue weighted by Gasteiger charge is -2.23. The predicted octanol–water partition coefficient (Wildman–Crippen LogP) is 3.82. The van der Waals surface area contributed by atoms with Crippen molar-refractivity contribution in [3.8, 4) is 11.3 Å². The van der Waals surface area contributed by atoms with Gasteiger partial charge in [-0.05, 0) is 56.2 Å². The number of likely N-dealkylation sites (tertiary alicyclic amines) is 1. The Morgan fingerprint density at radius 2 is 1.94 bits per heavy atom. The molecule has 1 unspecified atom stereocenters. The quantitative estimate of drug-likeness (QED) is 0.461. The Morgan fingerprint density at radius 3 is 2.78 bits per heavy atom. The number of aryl methyl sites for hydroxylation is 1. The van der Waals surface area contributed by atoms with Crippen LogP contribution in [0.3, 0.4) is 0 Å². The van der Waals surface area contributed by atoms with Crippen molar-refractivity contribution in [2.75, 3.05) is 25.0 Å². The molecule has 2 N–H and O–H groups in total. The lowest BCUT2D eigenvalue weighted by atomic mass is 9.82. The molecule has 1 aromatic carbocycles. The third-order valence-electron chi connectivity index (χ3n) is 7.26. The average Bonchev–Trinajstić information content (AvgIpc) is 3.61. The zero-order chi connectivity index (χ0) is 24.7. The number of pyridine rings is 2. The normalized spacial score (nSPS) is 18.5. The van der Waals surface area contributed by atoms with Gasteiger partial charge in [0.2, 0.25) is 0 Å². The second kappa shape index (κ2) is 8.75. The van der Waals surface area contributed by atoms with Gasteiger partial charge in [-0.2, -0.15) is 5.10 Å². The highest BCUT2D eigenvalue weighted by atomic mass is 16.2. The summed E-state index contributed by atoms with van der Waals surface area (Å²) in [4.78, 5) is 35.8. The van der Waals surface area contributed by atoms with E-state index in [1.165, 1.54) is 5.69 Å². The van der Waals surface area contributed by atoms with Crippen molar-refractivity contribution in [3.63, 3.8) is 0 Å². The van der Waals surface area contributed by atoms with Crippen molar-refractivity contribution >= 4 is 28.5 Å². The molecular weight excluding hydrogens is 454 g/mol. The topological polar surface area (TPSA) is 105 Å². The zero-order valence-electron chi connectivity index (χ0n) is 20.1. The summed E-state index contributed by atoms with van der Waals surface area (Å²) < 4.78 is 2.08. The molecule has 5 heterocycles. The Kier molecular flexibility index (Phi) is 5.40. The van der Waals surface area contributed by atoms with E-state index >= 15 is 0 Å². The molecule has 0 saturated carbocycles. The molecule has 2 aliphatic rings. The Morgan fingerprint density at radius 1 is 1.06 bits per heavy atom. The van der Waals surface area contributed by atoms with Gasteiger partial charge in [0.15, 0.2) is 0 Å². The fourth-order valence-corrected chi connectivity index (χ4v) is 5.41. The SMILES string of the molecule is CCNC(=O)N1CCC2(CCn3nc(-c4cnc5cccc(NC(=O)c6ccccn6)c5c4)cc32)C1. The molecule has 36 heavy (non-hydrogen) atoms. The molecule has 1 spiro atoms. The van der Waals surface area contributed by atoms with E-state index in [-0.39, 0.29) is 17.4 Å². The lowest BCUT2D eigenvalue weighted by molar-refractivity contribution is 0.102. The first-order valence-electron chi connectivity index (χ1n) is 12.3. The minimum Gasteiger partial charge on any atom is -0.338 e. The number of urea groups is 1. The van der Waals surface area contributed by atoms with E-state index < -0.39 is 0 Å². The van der Waals surface area contributed by atoms with Crippen LogP contribution in [-0.2, 0) is 12.0 Å². The van der Waals surface area contributed by atoms with Gasteiger partial charge in [-0.1, -0.05) is 12.1 Å². The van der Waals surface area contributed by atoms with Gasteiger partial charge >= 0.3 is 6.03 Å². The summed E-state index contributed by atoms with van der Waals surface area (Å²) in [5.41, 5.74) is 4.68. The number of hydrogen-bond acceptors (Lipinski definition) is 5. The van der Waals surface area contributed by atoms with E-state index in [0.29, 0.717) is 24.5 Å². The molecule has 9 heteroatoms. The van der Waals surface area contributed by atoms with Crippen molar-refractivity contribution in [1.29, 1.82) is 0 Å². The number of rotatable bonds is 4. The molecule has 3 aromatic heterocycles. The first-order chi connectivity index (χ1) is 17.6. The highest BCUT2D eigenvalue weighted by Crippen LogP contribution is 2.44. The van der Waals surface area contributed by atoms with E-state index in [1.54, 1.807) is 24.4 Å². The van der Waals surface area contributed by atoms with Gasteiger partial charge in [0.1, 0.15) is 5.69 Å². The largest absolute Gasteiger partial charge is 0.338 e. The molecule has 1 saturated heterocycles. The van der Waals surface area contributed by atoms with Crippen molar-refractivity contribution in [1.82, 2.24) is 30.0 Å². The van der Waals surface area contributed by atoms with Crippen LogP contribution < -0.4 is 10.6 Å². The summed E-state index contributed by atoms with van der Waals surface area (Å²) in [6.07, 6.45) is 5.36. The Bertz CT molecular complexity index is 1470. The van der Waals surface area contributed by atoms with E-state index in [1.807, 2.05) is 42.3 Å². The first-order valence-corrected chi connectivity index (χ1v) is 12.3. The van der Waals surface area contributed by atoms with Crippen molar-refractivity contribution in [2.24, 2.45) is 0 Å². The standard InChI is InChI=1S/C27H27N7O2/c1-2-28-26(36)33-12-9-27(17-33)10-13-34-24(27)15-23(32-34)18-14-19-20(30-16-18)7-5-8-21(19)31-25(35)22-6-3-4-11-29-22/h3-8,11,14-16H,2,9-10,12-13,17H2,1H3,(H,28,36)(H,31,35). The third-order valence-corrected chi connectivity index (χ3v) is 7.26. The van der Waals surface area contributed by atoms with E-state index in [0.717, 1.165) is 48.1 Å². The van der Waals surface area contributed by atoms with Crippen LogP contribution in [0.4, 0.5) is 10.5 Å². The second-order valence-electron chi connectivity index (χ2n) is 9.44. The van der Waals surface area contributed by atoms with Crippen molar-refractivity contribution in [3.05, 3.63) is 72.3 Å². The van der Waals surface area contributed by atoms with E-state index in [2.05, 4.69) is 31.3 Å². The number of nitrogens with one attached hydrogen (secondary N) is 2. The van der Waals surface area contributed by atoms with E-state index in [9.17, 15) is 9.59 Å². The number of hydrogen-bond donors (Lipinski definition) is 2. The molecule has 1 atom stereocenters. The molecule has 182 valence electrons. The predicted molar refractivity (Wildman–Crippen MR) is 137 cm³/mol. The van der Waals surface area contributed by atoms with Crippen LogP contribution in [-0.4, -0.2) is 56.2 Å². The minimum absolute atomic E-state index is 0.00609. The van der Waals surface area contributed by atoms with Crippen LogP contribution in [0.15, 0.2) is 60.9 Å². The van der Waals surface area contributed by atoms with Crippen LogP contribution in [0.2, 0.25) is 0 Å². The highest BCUT2D eigenvalue weighted by molar-refractivity contribution is 6.08. The van der Waals surface area contributed by atoms with E-state index in [4.69, 9.17) is 5.10 Å². The summed E-state index contributed by atoms with van der Waals surface area (Å²) in [7, 11) is 0. The van der Waals surface area contributed by atoms with Gasteiger partial charge in [0.05, 0.1) is 16.9 Å². The molecule has 9 nitrogen and oxygen atoms in total. The summed E-state index contributed by atoms with van der Waals surface area (Å²) >= 11 is 0. The summed E-state index contributed by atoms with van der Waals surface area (Å²) in [6.45, 7) is 4.87. The maximum absolute atomic E-state index is 12.7. The summed E-state index contributed by atoms with van der Waals surface area (Å²) in [5.74, 6) is -0.269. The molecule has 4 aromatic rings. The lowest BCUT2D eigenvalue weighted by Crippen LogP contribution is -2.40. The van der Waals surface area contributed by atoms with Gasteiger partial charge in [-0.25, -0.2) is 4.79 Å². The maximum Gasteiger partial charge on any atom is 0.317 e. The molecule has 0 radical (unpaired) electrons. The number of amides is 3. The van der Waals surface area contributed by atoms with Crippen molar-refractivity contribution < 1.29 is 9.59 Å².